The molecule has 150 valence electrons. The van der Waals surface area contributed by atoms with Crippen LogP contribution in [-0.2, 0) is 11.3 Å². The SMILES string of the molecule is O=C(CSC(c1ccccc1)c1ccc(Cl)cc1)NCc1n[nH]c(=S)n1C1CC1. The molecule has 8 heteroatoms. The molecule has 1 amide bonds. The topological polar surface area (TPSA) is 62.7 Å². The van der Waals surface area contributed by atoms with E-state index in [2.05, 4.69) is 27.6 Å². The van der Waals surface area contributed by atoms with Gasteiger partial charge in [0.15, 0.2) is 10.6 Å². The number of thioether (sulfide) groups is 1. The normalized spacial score (nSPS) is 14.5. The summed E-state index contributed by atoms with van der Waals surface area (Å²) in [4.78, 5) is 12.5. The minimum absolute atomic E-state index is 0.0267. The van der Waals surface area contributed by atoms with E-state index in [1.54, 1.807) is 11.8 Å². The Hall–Kier alpha value is -2.09. The summed E-state index contributed by atoms with van der Waals surface area (Å²) in [6.07, 6.45) is 2.23. The van der Waals surface area contributed by atoms with Crippen molar-refractivity contribution in [2.24, 2.45) is 0 Å². The molecule has 3 aromatic rings. The minimum atomic E-state index is -0.0267. The van der Waals surface area contributed by atoms with Gasteiger partial charge in [-0.1, -0.05) is 54.1 Å². The van der Waals surface area contributed by atoms with E-state index in [4.69, 9.17) is 23.8 Å². The first kappa shape index (κ1) is 20.2. The number of nitrogens with one attached hydrogen (secondary N) is 2. The number of nitrogens with zero attached hydrogens (tertiary/aromatic N) is 2. The molecule has 0 saturated heterocycles. The average Bonchev–Trinajstić information content (AvgIpc) is 3.50. The molecule has 5 nitrogen and oxygen atoms in total. The molecule has 1 fully saturated rings. The van der Waals surface area contributed by atoms with Gasteiger partial charge in [-0.3, -0.25) is 14.5 Å². The maximum atomic E-state index is 12.5. The van der Waals surface area contributed by atoms with Crippen molar-refractivity contribution in [3.8, 4) is 0 Å². The minimum Gasteiger partial charge on any atom is -0.348 e. The summed E-state index contributed by atoms with van der Waals surface area (Å²) in [5.74, 6) is 1.10. The molecular weight excluding hydrogens is 424 g/mol. The van der Waals surface area contributed by atoms with Crippen LogP contribution in [0.4, 0.5) is 0 Å². The largest absolute Gasteiger partial charge is 0.348 e. The summed E-state index contributed by atoms with van der Waals surface area (Å²) in [5.41, 5.74) is 2.27. The fourth-order valence-electron chi connectivity index (χ4n) is 3.21. The molecule has 1 aliphatic rings. The van der Waals surface area contributed by atoms with Crippen molar-refractivity contribution >= 4 is 41.5 Å². The first-order valence-electron chi connectivity index (χ1n) is 9.46. The molecule has 2 N–H and O–H groups in total. The van der Waals surface area contributed by atoms with E-state index in [0.29, 0.717) is 28.1 Å². The molecule has 0 bridgehead atoms. The Balaban J connectivity index is 1.40. The lowest BCUT2D eigenvalue weighted by atomic mass is 10.0. The number of amides is 1. The molecule has 1 aromatic heterocycles. The summed E-state index contributed by atoms with van der Waals surface area (Å²) in [5, 5.41) is 10.8. The van der Waals surface area contributed by atoms with E-state index in [1.165, 1.54) is 0 Å². The van der Waals surface area contributed by atoms with Gasteiger partial charge in [0.05, 0.1) is 17.5 Å². The fraction of sp³-hybridized carbons (Fsp3) is 0.286. The van der Waals surface area contributed by atoms with Crippen LogP contribution in [0.2, 0.25) is 5.02 Å². The summed E-state index contributed by atoms with van der Waals surface area (Å²) >= 11 is 12.9. The molecule has 4 rings (SSSR count). The number of halogens is 1. The van der Waals surface area contributed by atoms with Gasteiger partial charge in [-0.05, 0) is 48.3 Å². The van der Waals surface area contributed by atoms with Crippen LogP contribution in [0.25, 0.3) is 0 Å². The van der Waals surface area contributed by atoms with Gasteiger partial charge >= 0.3 is 0 Å². The number of H-pyrrole nitrogens is 1. The number of carbonyl (C=O) groups is 1. The third kappa shape index (κ3) is 5.10. The Morgan fingerprint density at radius 2 is 1.90 bits per heavy atom. The number of rotatable bonds is 8. The molecule has 29 heavy (non-hydrogen) atoms. The Kier molecular flexibility index (Phi) is 6.37. The van der Waals surface area contributed by atoms with E-state index < -0.39 is 0 Å². The first-order chi connectivity index (χ1) is 14.1. The van der Waals surface area contributed by atoms with Crippen LogP contribution in [0, 0.1) is 4.77 Å². The van der Waals surface area contributed by atoms with Crippen molar-refractivity contribution in [2.45, 2.75) is 30.7 Å². The van der Waals surface area contributed by atoms with Gasteiger partial charge in [0.25, 0.3) is 0 Å². The molecule has 1 unspecified atom stereocenters. The zero-order valence-corrected chi connectivity index (χ0v) is 18.1. The van der Waals surface area contributed by atoms with Crippen LogP contribution in [0.5, 0.6) is 0 Å². The maximum absolute atomic E-state index is 12.5. The van der Waals surface area contributed by atoms with Gasteiger partial charge < -0.3 is 5.32 Å². The smallest absolute Gasteiger partial charge is 0.230 e. The monoisotopic (exact) mass is 444 g/mol. The standard InChI is InChI=1S/C21H21ClN4OS2/c22-16-8-6-15(7-9-16)20(14-4-2-1-3-5-14)29-13-19(27)23-12-18-24-25-21(28)26(18)17-10-11-17/h1-9,17,20H,10-13H2,(H,23,27)(H,25,28). The van der Waals surface area contributed by atoms with Gasteiger partial charge in [0.1, 0.15) is 0 Å². The molecule has 0 aliphatic heterocycles. The number of aromatic amines is 1. The zero-order valence-electron chi connectivity index (χ0n) is 15.7. The highest BCUT2D eigenvalue weighted by Crippen LogP contribution is 2.36. The fourth-order valence-corrected chi connectivity index (χ4v) is 4.75. The van der Waals surface area contributed by atoms with Crippen LogP contribution in [0.3, 0.4) is 0 Å². The molecule has 2 aromatic carbocycles. The number of aromatic nitrogens is 3. The molecule has 1 saturated carbocycles. The van der Waals surface area contributed by atoms with Crippen LogP contribution >= 0.6 is 35.6 Å². The maximum Gasteiger partial charge on any atom is 0.230 e. The van der Waals surface area contributed by atoms with Crippen LogP contribution in [0.1, 0.15) is 41.1 Å². The lowest BCUT2D eigenvalue weighted by molar-refractivity contribution is -0.118. The van der Waals surface area contributed by atoms with Crippen LogP contribution in [0.15, 0.2) is 54.6 Å². The molecule has 0 spiro atoms. The zero-order chi connectivity index (χ0) is 20.2. The second-order valence-corrected chi connectivity index (χ2v) is 8.89. The van der Waals surface area contributed by atoms with Crippen molar-refractivity contribution in [1.82, 2.24) is 20.1 Å². The predicted octanol–water partition coefficient (Wildman–Crippen LogP) is 5.07. The van der Waals surface area contributed by atoms with Crippen LogP contribution < -0.4 is 5.32 Å². The third-order valence-corrected chi connectivity index (χ3v) is 6.64. The highest BCUT2D eigenvalue weighted by atomic mass is 35.5. The highest BCUT2D eigenvalue weighted by Gasteiger charge is 2.27. The number of benzene rings is 2. The second-order valence-electron chi connectivity index (χ2n) is 6.98. The summed E-state index contributed by atoms with van der Waals surface area (Å²) < 4.78 is 2.64. The van der Waals surface area contributed by atoms with Crippen molar-refractivity contribution in [3.63, 3.8) is 0 Å². The molecular formula is C21H21ClN4OS2. The van der Waals surface area contributed by atoms with E-state index in [0.717, 1.165) is 29.8 Å². The van der Waals surface area contributed by atoms with Crippen molar-refractivity contribution in [3.05, 3.63) is 81.3 Å². The second kappa shape index (κ2) is 9.15. The Bertz CT molecular complexity index is 1030. The number of hydrogen-bond donors (Lipinski definition) is 2. The van der Waals surface area contributed by atoms with Gasteiger partial charge in [0.2, 0.25) is 5.91 Å². The number of carbonyl (C=O) groups excluding carboxylic acids is 1. The summed E-state index contributed by atoms with van der Waals surface area (Å²) in [6.45, 7) is 0.375. The van der Waals surface area contributed by atoms with Gasteiger partial charge in [0, 0.05) is 11.1 Å². The number of hydrogen-bond acceptors (Lipinski definition) is 4. The Morgan fingerprint density at radius 3 is 2.59 bits per heavy atom. The molecule has 1 aliphatic carbocycles. The van der Waals surface area contributed by atoms with E-state index in [-0.39, 0.29) is 11.2 Å². The molecule has 0 radical (unpaired) electrons. The molecule has 1 heterocycles. The van der Waals surface area contributed by atoms with Gasteiger partial charge in [-0.15, -0.1) is 11.8 Å². The summed E-state index contributed by atoms with van der Waals surface area (Å²) in [7, 11) is 0. The van der Waals surface area contributed by atoms with E-state index >= 15 is 0 Å². The van der Waals surface area contributed by atoms with Crippen LogP contribution in [-0.4, -0.2) is 26.4 Å². The van der Waals surface area contributed by atoms with Crippen molar-refractivity contribution < 1.29 is 4.79 Å². The first-order valence-corrected chi connectivity index (χ1v) is 11.3. The van der Waals surface area contributed by atoms with Gasteiger partial charge in [-0.2, -0.15) is 5.10 Å². The van der Waals surface area contributed by atoms with E-state index in [1.807, 2.05) is 47.0 Å². The average molecular weight is 445 g/mol. The summed E-state index contributed by atoms with van der Waals surface area (Å²) in [6, 6.07) is 18.4. The third-order valence-electron chi connectivity index (χ3n) is 4.79. The Morgan fingerprint density at radius 1 is 1.21 bits per heavy atom. The Labute approximate surface area is 183 Å². The van der Waals surface area contributed by atoms with E-state index in [9.17, 15) is 4.79 Å². The van der Waals surface area contributed by atoms with Crippen molar-refractivity contribution in [2.75, 3.05) is 5.75 Å². The molecule has 1 atom stereocenters. The lowest BCUT2D eigenvalue weighted by Gasteiger charge is -2.18. The lowest BCUT2D eigenvalue weighted by Crippen LogP contribution is -2.26. The van der Waals surface area contributed by atoms with Crippen molar-refractivity contribution in [1.29, 1.82) is 0 Å². The highest BCUT2D eigenvalue weighted by molar-refractivity contribution is 8.00. The quantitative estimate of drug-likeness (QED) is 0.476. The predicted molar refractivity (Wildman–Crippen MR) is 120 cm³/mol. The van der Waals surface area contributed by atoms with Gasteiger partial charge in [-0.25, -0.2) is 0 Å².